The highest BCUT2D eigenvalue weighted by Gasteiger charge is 2.43. The van der Waals surface area contributed by atoms with E-state index >= 15 is 0 Å². The van der Waals surface area contributed by atoms with Crippen LogP contribution in [0.15, 0.2) is 88.7 Å². The summed E-state index contributed by atoms with van der Waals surface area (Å²) in [5.41, 5.74) is 4.89. The fraction of sp³-hybridized carbons (Fsp3) is 0.701. The Balaban J connectivity index is 0.000000247. The van der Waals surface area contributed by atoms with Gasteiger partial charge < -0.3 is 14.1 Å². The maximum Gasteiger partial charge on any atom is 0.255 e. The number of benzene rings is 3. The first-order valence-corrected chi connectivity index (χ1v) is 47.9. The van der Waals surface area contributed by atoms with Gasteiger partial charge in [-0.25, -0.2) is 8.42 Å². The zero-order valence-corrected chi connectivity index (χ0v) is 64.8. The van der Waals surface area contributed by atoms with Crippen molar-refractivity contribution in [1.29, 1.82) is 0 Å². The van der Waals surface area contributed by atoms with Crippen molar-refractivity contribution in [2.45, 2.75) is 244 Å². The number of nitrogens with zero attached hydrogens (tertiary/aromatic N) is 1. The molecule has 2 aliphatic heterocycles. The minimum atomic E-state index is -4.35. The van der Waals surface area contributed by atoms with Crippen molar-refractivity contribution in [2.75, 3.05) is 62.9 Å². The molecule has 0 amide bonds. The van der Waals surface area contributed by atoms with Crippen LogP contribution in [-0.4, -0.2) is 147 Å². The van der Waals surface area contributed by atoms with Gasteiger partial charge in [0.05, 0.1) is 86.4 Å². The van der Waals surface area contributed by atoms with E-state index in [-0.39, 0.29) is 10.8 Å². The predicted octanol–water partition coefficient (Wildman–Crippen LogP) is 11.6. The van der Waals surface area contributed by atoms with Gasteiger partial charge in [0.2, 0.25) is 0 Å². The standard InChI is InChI=1S/2C14H25O6S3.2C14H21S.C10H16N.CH4O4S/c2*1-21(15,16)14(22(17,18)12-8-4-2-5-9-12)23(19,20)13-10-6-3-7-11-13;2*1-14(2,3)12-6-8-13(9-7-12)15-10-4-5-11-15;1-11(2,3)9-10-7-5-4-6-8-10;1-6(3,4)5-2/h2*12-13H,2-11H2,1H3;2*6-9H,4-5,10-11H2,1-3H3;4-8H,9H2,1-3H3;2H,1H3/q2*-1;3*+1;/p-1. The number of sulfone groups is 6. The third kappa shape index (κ3) is 27.2. The Morgan fingerprint density at radius 2 is 0.634 bits per heavy atom. The third-order valence-corrected chi connectivity index (χ3v) is 40.2. The van der Waals surface area contributed by atoms with E-state index in [4.69, 9.17) is 5.26 Å². The van der Waals surface area contributed by atoms with Crippen molar-refractivity contribution in [3.8, 4) is 0 Å². The summed E-state index contributed by atoms with van der Waals surface area (Å²) in [7, 11) is -22.0. The highest BCUT2D eigenvalue weighted by molar-refractivity contribution is 8.29. The van der Waals surface area contributed by atoms with Crippen LogP contribution in [0.5, 0.6) is 0 Å². The maximum atomic E-state index is 12.8. The Hall–Kier alpha value is -2.11. The minimum Gasteiger partial charge on any atom is -0.707 e. The molecule has 6 fully saturated rings. The summed E-state index contributed by atoms with van der Waals surface area (Å²) in [4.78, 5) is 3.17. The van der Waals surface area contributed by atoms with Gasteiger partial charge in [0, 0.05) is 68.7 Å². The molecule has 0 N–H and O–H groups in total. The van der Waals surface area contributed by atoms with Gasteiger partial charge in [-0.1, -0.05) is 173 Å². The SMILES string of the molecule is CC(C)(C)c1ccc([S+]2CCCC2)cc1.CC(C)(C)c1ccc([S+]2CCCC2)cc1.CS(=O)(=O)O[O-].CS(=O)(=O)[C-](S(=O)(=O)C1CCCCC1)S(=O)(=O)C1CCCCC1.CS(=O)(=O)[C-](S(=O)(=O)C1CCCCC1)S(=O)(=O)C1CCCCC1.C[N+](C)(C)Cc1ccccc1. The Morgan fingerprint density at radius 1 is 0.398 bits per heavy atom. The van der Waals surface area contributed by atoms with E-state index in [1.807, 2.05) is 0 Å². The minimum absolute atomic E-state index is 0.289. The Labute approximate surface area is 569 Å². The van der Waals surface area contributed by atoms with E-state index in [9.17, 15) is 58.9 Å². The van der Waals surface area contributed by atoms with E-state index in [0.29, 0.717) is 143 Å². The fourth-order valence-electron chi connectivity index (χ4n) is 12.4. The summed E-state index contributed by atoms with van der Waals surface area (Å²) in [5.74, 6) is 5.70. The molecule has 0 bridgehead atoms. The van der Waals surface area contributed by atoms with Gasteiger partial charge in [-0.2, -0.15) is 0 Å². The van der Waals surface area contributed by atoms with Crippen LogP contribution in [0.3, 0.4) is 0 Å². The van der Waals surface area contributed by atoms with E-state index in [0.717, 1.165) is 36.7 Å². The topological polar surface area (TPSA) is 271 Å². The van der Waals surface area contributed by atoms with Gasteiger partial charge in [-0.05, 0) is 123 Å². The van der Waals surface area contributed by atoms with E-state index in [2.05, 4.69) is 146 Å². The summed E-state index contributed by atoms with van der Waals surface area (Å²) in [6.45, 7) is 14.8. The van der Waals surface area contributed by atoms with Crippen LogP contribution in [0.2, 0.25) is 0 Å². The van der Waals surface area contributed by atoms with Gasteiger partial charge in [0.25, 0.3) is 10.1 Å². The van der Waals surface area contributed by atoms with Crippen molar-refractivity contribution in [1.82, 2.24) is 0 Å². The summed E-state index contributed by atoms with van der Waals surface area (Å²) in [6, 6.07) is 29.3. The normalized spacial score (nSPS) is 19.5. The Bertz CT molecular complexity index is 3260. The second-order valence-electron chi connectivity index (χ2n) is 28.7. The molecule has 17 nitrogen and oxygen atoms in total. The molecule has 2 heterocycles. The summed E-state index contributed by atoms with van der Waals surface area (Å²) in [5, 5.41) is 5.31. The molecule has 534 valence electrons. The number of rotatable bonds is 15. The van der Waals surface area contributed by atoms with Crippen LogP contribution in [-0.2, 0) is 113 Å². The van der Waals surface area contributed by atoms with Crippen molar-refractivity contribution < 1.29 is 73.0 Å². The van der Waals surface area contributed by atoms with Crippen LogP contribution in [0, 0.1) is 7.83 Å². The second-order valence-corrected chi connectivity index (χ2v) is 48.9. The first-order chi connectivity index (χ1) is 42.9. The molecule has 0 aromatic heterocycles. The number of quaternary nitrogens is 1. The molecule has 0 unspecified atom stereocenters. The van der Waals surface area contributed by atoms with Crippen molar-refractivity contribution in [3.63, 3.8) is 0 Å². The second kappa shape index (κ2) is 36.3. The van der Waals surface area contributed by atoms with Gasteiger partial charge in [-0.3, -0.25) is 50.5 Å². The van der Waals surface area contributed by atoms with Crippen LogP contribution < -0.4 is 5.26 Å². The molecule has 26 heteroatoms. The van der Waals surface area contributed by atoms with Crippen molar-refractivity contribution in [3.05, 3.63) is 103 Å². The van der Waals surface area contributed by atoms with E-state index in [1.54, 1.807) is 9.79 Å². The Kier molecular flexibility index (Phi) is 32.5. The Morgan fingerprint density at radius 3 is 0.828 bits per heavy atom. The van der Waals surface area contributed by atoms with Gasteiger partial charge >= 0.3 is 0 Å². The van der Waals surface area contributed by atoms with Crippen molar-refractivity contribution in [2.24, 2.45) is 0 Å². The molecule has 4 aliphatic carbocycles. The molecule has 93 heavy (non-hydrogen) atoms. The molecule has 4 saturated carbocycles. The van der Waals surface area contributed by atoms with E-state index < -0.39 is 98.0 Å². The zero-order valence-electron chi connectivity index (χ0n) is 57.5. The third-order valence-electron chi connectivity index (χ3n) is 17.3. The lowest BCUT2D eigenvalue weighted by Gasteiger charge is -2.38. The summed E-state index contributed by atoms with van der Waals surface area (Å²) >= 11 is 0. The maximum absolute atomic E-state index is 12.8. The summed E-state index contributed by atoms with van der Waals surface area (Å²) in [6.07, 6.45) is 19.6. The zero-order chi connectivity index (χ0) is 69.9. The monoisotopic (exact) mass is 1470 g/mol. The van der Waals surface area contributed by atoms with Gasteiger partial charge in [0.15, 0.2) is 9.79 Å². The average Bonchev–Trinajstić information content (AvgIpc) is 1.10. The predicted molar refractivity (Wildman–Crippen MR) is 383 cm³/mol. The molecule has 0 atom stereocenters. The molecule has 0 spiro atoms. The largest absolute Gasteiger partial charge is 0.707 e. The fourth-order valence-corrected chi connectivity index (χ4v) is 34.5. The average molecular weight is 1480 g/mol. The number of hydrogen-bond acceptors (Lipinski definition) is 16. The molecular weight excluding hydrogens is 1360 g/mol. The van der Waals surface area contributed by atoms with Gasteiger partial charge in [-0.15, -0.1) is 0 Å². The molecule has 0 radical (unpaired) electrons. The van der Waals surface area contributed by atoms with E-state index in [1.165, 1.54) is 65.4 Å². The van der Waals surface area contributed by atoms with Crippen LogP contribution in [0.1, 0.15) is 212 Å². The first-order valence-electron chi connectivity index (χ1n) is 33.0. The highest BCUT2D eigenvalue weighted by Crippen LogP contribution is 2.42. The quantitative estimate of drug-likeness (QED) is 0.0450. The molecule has 9 rings (SSSR count). The molecule has 3 aromatic rings. The lowest BCUT2D eigenvalue weighted by atomic mass is 9.87. The van der Waals surface area contributed by atoms with Crippen molar-refractivity contribution >= 4 is 90.9 Å². The molecule has 6 aliphatic rings. The molecular formula is C67H111NO16S9. The summed E-state index contributed by atoms with van der Waals surface area (Å²) < 4.78 is 171. The first kappa shape index (κ1) is 83.3. The van der Waals surface area contributed by atoms with Crippen LogP contribution in [0.4, 0.5) is 0 Å². The van der Waals surface area contributed by atoms with Crippen LogP contribution >= 0.6 is 0 Å². The lowest BCUT2D eigenvalue weighted by Crippen LogP contribution is -2.41. The lowest BCUT2D eigenvalue weighted by molar-refractivity contribution is -0.884. The van der Waals surface area contributed by atoms with Gasteiger partial charge in [0.1, 0.15) is 29.6 Å². The highest BCUT2D eigenvalue weighted by atomic mass is 32.3. The number of hydrogen-bond donors (Lipinski definition) is 0. The molecule has 3 aromatic carbocycles. The smallest absolute Gasteiger partial charge is 0.255 e. The van der Waals surface area contributed by atoms with Crippen LogP contribution in [0.25, 0.3) is 0 Å². The molecule has 2 saturated heterocycles.